The molecule has 0 saturated carbocycles. The van der Waals surface area contributed by atoms with Gasteiger partial charge in [-0.15, -0.1) is 0 Å². The number of rotatable bonds is 5. The van der Waals surface area contributed by atoms with Gasteiger partial charge in [-0.3, -0.25) is 9.59 Å². The van der Waals surface area contributed by atoms with Crippen LogP contribution in [0.4, 0.5) is 5.69 Å². The lowest BCUT2D eigenvalue weighted by Crippen LogP contribution is -2.14. The van der Waals surface area contributed by atoms with E-state index in [0.717, 1.165) is 5.69 Å². The summed E-state index contributed by atoms with van der Waals surface area (Å²) < 4.78 is 0. The predicted octanol–water partition coefficient (Wildman–Crippen LogP) is 3.64. The zero-order chi connectivity index (χ0) is 13.7. The molecule has 0 aromatic heterocycles. The van der Waals surface area contributed by atoms with Crippen LogP contribution in [0.2, 0.25) is 0 Å². The molecule has 0 aliphatic carbocycles. The number of Topliss-reactive ketones (excluding diaryl/α,β-unsaturated/α-hetero) is 1. The Balaban J connectivity index is 2.66. The van der Waals surface area contributed by atoms with Crippen LogP contribution < -0.4 is 5.32 Å². The number of carbonyl (C=O) groups excluding carboxylic acids is 2. The number of ketones is 1. The first-order valence-corrected chi connectivity index (χ1v) is 6.90. The van der Waals surface area contributed by atoms with Crippen LogP contribution in [0.5, 0.6) is 0 Å². The number of halogens is 1. The van der Waals surface area contributed by atoms with Crippen LogP contribution in [0, 0.1) is 5.92 Å². The molecule has 18 heavy (non-hydrogen) atoms. The molecule has 3 nitrogen and oxygen atoms in total. The summed E-state index contributed by atoms with van der Waals surface area (Å²) in [6.45, 7) is 5.79. The van der Waals surface area contributed by atoms with Gasteiger partial charge in [-0.1, -0.05) is 29.8 Å². The second-order valence-electron chi connectivity index (χ2n) is 4.70. The summed E-state index contributed by atoms with van der Waals surface area (Å²) >= 11 is 3.24. The van der Waals surface area contributed by atoms with Crippen molar-refractivity contribution >= 4 is 33.3 Å². The summed E-state index contributed by atoms with van der Waals surface area (Å²) in [6, 6.07) is 6.96. The van der Waals surface area contributed by atoms with Crippen LogP contribution in [0.25, 0.3) is 0 Å². The quantitative estimate of drug-likeness (QED) is 0.666. The number of anilines is 1. The van der Waals surface area contributed by atoms with E-state index in [1.807, 2.05) is 13.8 Å². The lowest BCUT2D eigenvalue weighted by molar-refractivity contribution is -0.116. The summed E-state index contributed by atoms with van der Waals surface area (Å²) in [6.07, 6.45) is 0.499. The largest absolute Gasteiger partial charge is 0.326 e. The minimum Gasteiger partial charge on any atom is -0.326 e. The number of nitrogens with one attached hydrogen (secondary N) is 1. The van der Waals surface area contributed by atoms with Gasteiger partial charge in [0.1, 0.15) is 0 Å². The molecule has 1 atom stereocenters. The number of amides is 1. The van der Waals surface area contributed by atoms with E-state index < -0.39 is 0 Å². The Kier molecular flexibility index (Phi) is 5.54. The zero-order valence-corrected chi connectivity index (χ0v) is 12.5. The lowest BCUT2D eigenvalue weighted by Gasteiger charge is -2.08. The first-order valence-electron chi connectivity index (χ1n) is 5.98. The molecule has 1 aromatic rings. The standard InChI is InChI=1S/C14H18BrNO2/c1-9(2)8-13(17)16-12-6-4-11(5-7-12)14(18)10(3)15/h4-7,9-10H,8H2,1-3H3,(H,16,17). The second kappa shape index (κ2) is 6.69. The van der Waals surface area contributed by atoms with Crippen LogP contribution in [0.3, 0.4) is 0 Å². The Morgan fingerprint density at radius 1 is 1.17 bits per heavy atom. The average Bonchev–Trinajstić information content (AvgIpc) is 2.27. The molecule has 0 bridgehead atoms. The van der Waals surface area contributed by atoms with Crippen LogP contribution in [0.1, 0.15) is 37.6 Å². The Labute approximate surface area is 116 Å². The van der Waals surface area contributed by atoms with Crippen molar-refractivity contribution in [2.75, 3.05) is 5.32 Å². The van der Waals surface area contributed by atoms with E-state index in [-0.39, 0.29) is 16.5 Å². The van der Waals surface area contributed by atoms with Gasteiger partial charge < -0.3 is 5.32 Å². The van der Waals surface area contributed by atoms with E-state index in [1.54, 1.807) is 31.2 Å². The molecule has 1 unspecified atom stereocenters. The molecular formula is C14H18BrNO2. The van der Waals surface area contributed by atoms with Crippen molar-refractivity contribution in [1.82, 2.24) is 0 Å². The van der Waals surface area contributed by atoms with E-state index in [2.05, 4.69) is 21.2 Å². The van der Waals surface area contributed by atoms with Crippen molar-refractivity contribution in [3.63, 3.8) is 0 Å². The number of alkyl halides is 1. The first-order chi connectivity index (χ1) is 8.40. The molecule has 4 heteroatoms. The fraction of sp³-hybridized carbons (Fsp3) is 0.429. The van der Waals surface area contributed by atoms with Gasteiger partial charge in [-0.05, 0) is 37.1 Å². The van der Waals surface area contributed by atoms with Crippen LogP contribution in [-0.4, -0.2) is 16.5 Å². The Hall–Kier alpha value is -1.16. The highest BCUT2D eigenvalue weighted by Crippen LogP contribution is 2.14. The highest BCUT2D eigenvalue weighted by Gasteiger charge is 2.11. The highest BCUT2D eigenvalue weighted by molar-refractivity contribution is 9.10. The number of benzene rings is 1. The third kappa shape index (κ3) is 4.61. The minimum atomic E-state index is -0.195. The molecule has 0 heterocycles. The summed E-state index contributed by atoms with van der Waals surface area (Å²) in [5, 5.41) is 2.81. The summed E-state index contributed by atoms with van der Waals surface area (Å²) in [5.41, 5.74) is 1.36. The van der Waals surface area contributed by atoms with Crippen molar-refractivity contribution in [1.29, 1.82) is 0 Å². The molecule has 0 spiro atoms. The highest BCUT2D eigenvalue weighted by atomic mass is 79.9. The number of hydrogen-bond acceptors (Lipinski definition) is 2. The summed E-state index contributed by atoms with van der Waals surface area (Å²) in [4.78, 5) is 23.1. The molecule has 98 valence electrons. The van der Waals surface area contributed by atoms with E-state index in [1.165, 1.54) is 0 Å². The molecule has 1 aromatic carbocycles. The Morgan fingerprint density at radius 3 is 2.17 bits per heavy atom. The Bertz CT molecular complexity index is 424. The third-order valence-electron chi connectivity index (χ3n) is 2.41. The van der Waals surface area contributed by atoms with E-state index in [9.17, 15) is 9.59 Å². The SMILES string of the molecule is CC(C)CC(=O)Nc1ccc(C(=O)C(C)Br)cc1. The molecule has 1 rings (SSSR count). The van der Waals surface area contributed by atoms with Crippen molar-refractivity contribution in [2.24, 2.45) is 5.92 Å². The molecule has 0 fully saturated rings. The number of hydrogen-bond donors (Lipinski definition) is 1. The maximum atomic E-state index is 11.7. The average molecular weight is 312 g/mol. The topological polar surface area (TPSA) is 46.2 Å². The third-order valence-corrected chi connectivity index (χ3v) is 2.82. The van der Waals surface area contributed by atoms with Gasteiger partial charge >= 0.3 is 0 Å². The van der Waals surface area contributed by atoms with E-state index in [4.69, 9.17) is 0 Å². The van der Waals surface area contributed by atoms with Gasteiger partial charge in [0.2, 0.25) is 5.91 Å². The van der Waals surface area contributed by atoms with E-state index >= 15 is 0 Å². The molecule has 1 N–H and O–H groups in total. The van der Waals surface area contributed by atoms with Crippen LogP contribution >= 0.6 is 15.9 Å². The van der Waals surface area contributed by atoms with Crippen molar-refractivity contribution < 1.29 is 9.59 Å². The molecule has 0 aliphatic heterocycles. The number of carbonyl (C=O) groups is 2. The Morgan fingerprint density at radius 2 is 1.72 bits per heavy atom. The van der Waals surface area contributed by atoms with Crippen LogP contribution in [-0.2, 0) is 4.79 Å². The molecule has 1 amide bonds. The maximum Gasteiger partial charge on any atom is 0.224 e. The fourth-order valence-corrected chi connectivity index (χ4v) is 1.79. The molecule has 0 saturated heterocycles. The van der Waals surface area contributed by atoms with E-state index in [0.29, 0.717) is 17.9 Å². The van der Waals surface area contributed by atoms with Crippen molar-refractivity contribution in [3.8, 4) is 0 Å². The lowest BCUT2D eigenvalue weighted by atomic mass is 10.1. The van der Waals surface area contributed by atoms with Gasteiger partial charge in [0.15, 0.2) is 5.78 Å². The van der Waals surface area contributed by atoms with Crippen molar-refractivity contribution in [3.05, 3.63) is 29.8 Å². The second-order valence-corrected chi connectivity index (χ2v) is 6.08. The van der Waals surface area contributed by atoms with Gasteiger partial charge in [0, 0.05) is 17.7 Å². The molecule has 0 radical (unpaired) electrons. The maximum absolute atomic E-state index is 11.7. The molecular weight excluding hydrogens is 294 g/mol. The monoisotopic (exact) mass is 311 g/mol. The predicted molar refractivity (Wildman–Crippen MR) is 77.2 cm³/mol. The smallest absolute Gasteiger partial charge is 0.224 e. The van der Waals surface area contributed by atoms with Gasteiger partial charge in [-0.2, -0.15) is 0 Å². The normalized spacial score (nSPS) is 12.3. The van der Waals surface area contributed by atoms with Crippen LogP contribution in [0.15, 0.2) is 24.3 Å². The fourth-order valence-electron chi connectivity index (χ4n) is 1.53. The van der Waals surface area contributed by atoms with Crippen molar-refractivity contribution in [2.45, 2.75) is 32.0 Å². The van der Waals surface area contributed by atoms with Gasteiger partial charge in [0.25, 0.3) is 0 Å². The minimum absolute atomic E-state index is 0.00191. The molecule has 0 aliphatic rings. The van der Waals surface area contributed by atoms with Gasteiger partial charge in [-0.25, -0.2) is 0 Å². The zero-order valence-electron chi connectivity index (χ0n) is 10.9. The summed E-state index contributed by atoms with van der Waals surface area (Å²) in [7, 11) is 0. The summed E-state index contributed by atoms with van der Waals surface area (Å²) in [5.74, 6) is 0.369. The van der Waals surface area contributed by atoms with Gasteiger partial charge in [0.05, 0.1) is 4.83 Å². The first kappa shape index (κ1) is 14.9.